The molecule has 7 nitrogen and oxygen atoms in total. The summed E-state index contributed by atoms with van der Waals surface area (Å²) in [5.41, 5.74) is 0.691. The van der Waals surface area contributed by atoms with Crippen molar-refractivity contribution in [3.63, 3.8) is 0 Å². The molecule has 4 rings (SSSR count). The molecule has 0 saturated carbocycles. The molecule has 2 amide bonds. The minimum Gasteiger partial charge on any atom is -0.497 e. The summed E-state index contributed by atoms with van der Waals surface area (Å²) in [7, 11) is 5.08. The quantitative estimate of drug-likeness (QED) is 0.696. The van der Waals surface area contributed by atoms with Gasteiger partial charge in [0.25, 0.3) is 0 Å². The van der Waals surface area contributed by atoms with Crippen LogP contribution < -0.4 is 14.4 Å². The van der Waals surface area contributed by atoms with Crippen molar-refractivity contribution >= 4 is 17.5 Å². The molecule has 3 heterocycles. The van der Waals surface area contributed by atoms with Gasteiger partial charge in [0, 0.05) is 38.7 Å². The molecule has 1 aromatic carbocycles. The SMILES string of the molecule is COc1ccc(N2C[C@H](C(=O)N(C)C[C@H]3CCCN4CCCC[C@@H]34)CC2=O)c(OC)c1. The maximum Gasteiger partial charge on any atom is 0.227 e. The highest BCUT2D eigenvalue weighted by molar-refractivity contribution is 6.01. The maximum atomic E-state index is 13.2. The molecule has 7 heteroatoms. The van der Waals surface area contributed by atoms with E-state index in [0.29, 0.717) is 35.7 Å². The average Bonchev–Trinajstić information content (AvgIpc) is 3.19. The number of piperidine rings is 2. The molecule has 3 atom stereocenters. The second-order valence-corrected chi connectivity index (χ2v) is 9.16. The molecule has 0 aliphatic carbocycles. The normalized spacial score (nSPS) is 26.5. The molecular formula is C24H35N3O4. The Hall–Kier alpha value is -2.28. The molecule has 0 aromatic heterocycles. The highest BCUT2D eigenvalue weighted by Gasteiger charge is 2.39. The number of ether oxygens (including phenoxy) is 2. The van der Waals surface area contributed by atoms with Crippen molar-refractivity contribution in [2.45, 2.75) is 44.6 Å². The third-order valence-electron chi connectivity index (χ3n) is 7.27. The number of nitrogens with zero attached hydrogens (tertiary/aromatic N) is 3. The number of rotatable bonds is 6. The number of hydrogen-bond acceptors (Lipinski definition) is 5. The van der Waals surface area contributed by atoms with E-state index in [1.165, 1.54) is 45.2 Å². The van der Waals surface area contributed by atoms with Crippen molar-refractivity contribution in [1.82, 2.24) is 9.80 Å². The summed E-state index contributed by atoms with van der Waals surface area (Å²) in [5.74, 6) is 1.52. The Labute approximate surface area is 185 Å². The van der Waals surface area contributed by atoms with E-state index in [9.17, 15) is 9.59 Å². The van der Waals surface area contributed by atoms with E-state index in [1.54, 1.807) is 25.2 Å². The Morgan fingerprint density at radius 1 is 1.13 bits per heavy atom. The van der Waals surface area contributed by atoms with Gasteiger partial charge in [0.2, 0.25) is 11.8 Å². The van der Waals surface area contributed by atoms with E-state index in [4.69, 9.17) is 9.47 Å². The molecule has 31 heavy (non-hydrogen) atoms. The van der Waals surface area contributed by atoms with Crippen molar-refractivity contribution in [2.24, 2.45) is 11.8 Å². The van der Waals surface area contributed by atoms with Crippen LogP contribution in [0.15, 0.2) is 18.2 Å². The molecule has 1 aromatic rings. The summed E-state index contributed by atoms with van der Waals surface area (Å²) in [6, 6.07) is 6.02. The van der Waals surface area contributed by atoms with E-state index < -0.39 is 0 Å². The minimum atomic E-state index is -0.310. The Morgan fingerprint density at radius 3 is 2.71 bits per heavy atom. The van der Waals surface area contributed by atoms with Gasteiger partial charge in [0.15, 0.2) is 0 Å². The van der Waals surface area contributed by atoms with Crippen LogP contribution in [-0.4, -0.2) is 75.1 Å². The Morgan fingerprint density at radius 2 is 1.94 bits per heavy atom. The Balaban J connectivity index is 1.41. The third kappa shape index (κ3) is 4.52. The lowest BCUT2D eigenvalue weighted by Crippen LogP contribution is -2.51. The summed E-state index contributed by atoms with van der Waals surface area (Å²) in [5, 5.41) is 0. The lowest BCUT2D eigenvalue weighted by molar-refractivity contribution is -0.135. The molecule has 0 unspecified atom stereocenters. The first kappa shape index (κ1) is 21.9. The van der Waals surface area contributed by atoms with Crippen LogP contribution in [0.1, 0.15) is 38.5 Å². The maximum absolute atomic E-state index is 13.2. The minimum absolute atomic E-state index is 0.0358. The van der Waals surface area contributed by atoms with Crippen LogP contribution in [0.5, 0.6) is 11.5 Å². The average molecular weight is 430 g/mol. The molecule has 0 bridgehead atoms. The first-order valence-electron chi connectivity index (χ1n) is 11.5. The lowest BCUT2D eigenvalue weighted by atomic mass is 9.83. The highest BCUT2D eigenvalue weighted by Crippen LogP contribution is 2.36. The predicted octanol–water partition coefficient (Wildman–Crippen LogP) is 2.78. The molecule has 170 valence electrons. The van der Waals surface area contributed by atoms with Crippen LogP contribution in [0.25, 0.3) is 0 Å². The van der Waals surface area contributed by atoms with Crippen LogP contribution in [0.4, 0.5) is 5.69 Å². The van der Waals surface area contributed by atoms with Crippen molar-refractivity contribution in [3.8, 4) is 11.5 Å². The van der Waals surface area contributed by atoms with E-state index in [2.05, 4.69) is 4.90 Å². The van der Waals surface area contributed by atoms with Gasteiger partial charge in [0.05, 0.1) is 25.8 Å². The second-order valence-electron chi connectivity index (χ2n) is 9.16. The van der Waals surface area contributed by atoms with Crippen molar-refractivity contribution in [2.75, 3.05) is 52.3 Å². The predicted molar refractivity (Wildman–Crippen MR) is 120 cm³/mol. The van der Waals surface area contributed by atoms with Gasteiger partial charge >= 0.3 is 0 Å². The largest absolute Gasteiger partial charge is 0.497 e. The number of methoxy groups -OCH3 is 2. The Kier molecular flexibility index (Phi) is 6.70. The fourth-order valence-corrected chi connectivity index (χ4v) is 5.66. The molecule has 3 saturated heterocycles. The zero-order chi connectivity index (χ0) is 22.0. The van der Waals surface area contributed by atoms with Gasteiger partial charge in [-0.05, 0) is 56.8 Å². The number of benzene rings is 1. The second kappa shape index (κ2) is 9.47. The van der Waals surface area contributed by atoms with Gasteiger partial charge < -0.3 is 24.2 Å². The van der Waals surface area contributed by atoms with Gasteiger partial charge in [-0.3, -0.25) is 9.59 Å². The lowest BCUT2D eigenvalue weighted by Gasteiger charge is -2.45. The first-order valence-corrected chi connectivity index (χ1v) is 11.5. The monoisotopic (exact) mass is 429 g/mol. The summed E-state index contributed by atoms with van der Waals surface area (Å²) in [4.78, 5) is 32.2. The van der Waals surface area contributed by atoms with Crippen LogP contribution in [0, 0.1) is 11.8 Å². The van der Waals surface area contributed by atoms with E-state index in [0.717, 1.165) is 6.54 Å². The summed E-state index contributed by atoms with van der Waals surface area (Å²) >= 11 is 0. The smallest absolute Gasteiger partial charge is 0.227 e. The van der Waals surface area contributed by atoms with E-state index >= 15 is 0 Å². The summed E-state index contributed by atoms with van der Waals surface area (Å²) < 4.78 is 10.7. The molecular weight excluding hydrogens is 394 g/mol. The number of carbonyl (C=O) groups is 2. The molecule has 0 N–H and O–H groups in total. The van der Waals surface area contributed by atoms with Crippen LogP contribution in [0.3, 0.4) is 0 Å². The van der Waals surface area contributed by atoms with Gasteiger partial charge in [0.1, 0.15) is 11.5 Å². The first-order chi connectivity index (χ1) is 15.0. The number of carbonyl (C=O) groups excluding carboxylic acids is 2. The van der Waals surface area contributed by atoms with Crippen LogP contribution in [0.2, 0.25) is 0 Å². The summed E-state index contributed by atoms with van der Waals surface area (Å²) in [6.07, 6.45) is 6.50. The fraction of sp³-hybridized carbons (Fsp3) is 0.667. The number of hydrogen-bond donors (Lipinski definition) is 0. The Bertz CT molecular complexity index is 812. The van der Waals surface area contributed by atoms with Crippen molar-refractivity contribution < 1.29 is 19.1 Å². The van der Waals surface area contributed by atoms with Crippen molar-refractivity contribution in [1.29, 1.82) is 0 Å². The van der Waals surface area contributed by atoms with Crippen LogP contribution in [-0.2, 0) is 9.59 Å². The number of anilines is 1. The van der Waals surface area contributed by atoms with Gasteiger partial charge in [-0.2, -0.15) is 0 Å². The van der Waals surface area contributed by atoms with Gasteiger partial charge in [-0.25, -0.2) is 0 Å². The van der Waals surface area contributed by atoms with E-state index in [-0.39, 0.29) is 24.2 Å². The standard InChI is InChI=1S/C24H35N3O4/c1-25(15-17-7-6-12-26-11-5-4-8-20(17)26)24(29)18-13-23(28)27(16-18)21-10-9-19(30-2)14-22(21)31-3/h9-10,14,17-18,20H,4-8,11-13,15-16H2,1-3H3/t17-,18-,20+/m1/s1. The van der Waals surface area contributed by atoms with Crippen LogP contribution >= 0.6 is 0 Å². The van der Waals surface area contributed by atoms with Crippen molar-refractivity contribution in [3.05, 3.63) is 18.2 Å². The molecule has 3 fully saturated rings. The third-order valence-corrected chi connectivity index (χ3v) is 7.27. The summed E-state index contributed by atoms with van der Waals surface area (Å²) in [6.45, 7) is 3.59. The van der Waals surface area contributed by atoms with Gasteiger partial charge in [-0.15, -0.1) is 0 Å². The zero-order valence-corrected chi connectivity index (χ0v) is 19.0. The molecule has 0 radical (unpaired) electrons. The topological polar surface area (TPSA) is 62.3 Å². The van der Waals surface area contributed by atoms with Gasteiger partial charge in [-0.1, -0.05) is 6.42 Å². The molecule has 3 aliphatic heterocycles. The highest BCUT2D eigenvalue weighted by atomic mass is 16.5. The zero-order valence-electron chi connectivity index (χ0n) is 19.0. The number of amides is 2. The fourth-order valence-electron chi connectivity index (χ4n) is 5.66. The molecule has 0 spiro atoms. The molecule has 3 aliphatic rings. The van der Waals surface area contributed by atoms with E-state index in [1.807, 2.05) is 24.1 Å². The number of fused-ring (bicyclic) bond motifs is 1.